The molecule has 3 rings (SSSR count). The molecule has 1 amide bonds. The second-order valence-corrected chi connectivity index (χ2v) is 6.77. The Morgan fingerprint density at radius 2 is 1.92 bits per heavy atom. The van der Waals surface area contributed by atoms with Crippen LogP contribution in [0.3, 0.4) is 0 Å². The summed E-state index contributed by atoms with van der Waals surface area (Å²) in [5, 5.41) is 0.209. The van der Waals surface area contributed by atoms with Crippen LogP contribution in [0, 0.1) is 5.82 Å². The first kappa shape index (κ1) is 17.2. The van der Waals surface area contributed by atoms with Crippen LogP contribution in [0.25, 0.3) is 5.69 Å². The molecule has 25 heavy (non-hydrogen) atoms. The van der Waals surface area contributed by atoms with Crippen molar-refractivity contribution in [2.45, 2.75) is 10.4 Å². The molecule has 0 saturated heterocycles. The predicted octanol–water partition coefficient (Wildman–Crippen LogP) is 3.93. The third-order valence-electron chi connectivity index (χ3n) is 3.68. The first-order chi connectivity index (χ1) is 12.1. The Labute approximate surface area is 150 Å². The number of rotatable bonds is 5. The average Bonchev–Trinajstić information content (AvgIpc) is 3.08. The molecule has 4 nitrogen and oxygen atoms in total. The Bertz CT molecular complexity index is 864. The number of hydrogen-bond acceptors (Lipinski definition) is 3. The molecule has 2 aromatic carbocycles. The fraction of sp³-hybridized carbons (Fsp3) is 0.158. The summed E-state index contributed by atoms with van der Waals surface area (Å²) in [6.45, 7) is 0. The molecule has 1 heterocycles. The van der Waals surface area contributed by atoms with Gasteiger partial charge in [0.15, 0.2) is 5.16 Å². The van der Waals surface area contributed by atoms with E-state index in [1.54, 1.807) is 48.1 Å². The second kappa shape index (κ2) is 7.53. The third-order valence-corrected chi connectivity index (χ3v) is 4.91. The standard InChI is InChI=1S/C19H18FN3OS/c1-22(2)18(24)17(14-7-4-3-5-8-14)25-19-21-11-12-23(19)16-10-6-9-15(20)13-16/h3-13,17H,1-2H3/t17-/m0/s1. The van der Waals surface area contributed by atoms with Gasteiger partial charge in [-0.25, -0.2) is 9.37 Å². The van der Waals surface area contributed by atoms with Gasteiger partial charge in [0.2, 0.25) is 5.91 Å². The lowest BCUT2D eigenvalue weighted by atomic mass is 10.1. The summed E-state index contributed by atoms with van der Waals surface area (Å²) in [6, 6.07) is 15.9. The minimum absolute atomic E-state index is 0.0232. The fourth-order valence-corrected chi connectivity index (χ4v) is 3.65. The Morgan fingerprint density at radius 1 is 1.16 bits per heavy atom. The molecule has 0 aliphatic rings. The zero-order valence-electron chi connectivity index (χ0n) is 14.0. The van der Waals surface area contributed by atoms with Gasteiger partial charge in [0.05, 0.1) is 5.69 Å². The second-order valence-electron chi connectivity index (χ2n) is 5.70. The largest absolute Gasteiger partial charge is 0.348 e. The van der Waals surface area contributed by atoms with E-state index in [-0.39, 0.29) is 11.7 Å². The molecule has 0 unspecified atom stereocenters. The molecule has 0 spiro atoms. The van der Waals surface area contributed by atoms with Gasteiger partial charge in [0.1, 0.15) is 11.1 Å². The molecular weight excluding hydrogens is 337 g/mol. The van der Waals surface area contributed by atoms with Crippen molar-refractivity contribution in [3.8, 4) is 5.69 Å². The molecule has 1 aromatic heterocycles. The van der Waals surface area contributed by atoms with E-state index < -0.39 is 5.25 Å². The van der Waals surface area contributed by atoms with Gasteiger partial charge in [0.25, 0.3) is 0 Å². The van der Waals surface area contributed by atoms with Crippen molar-refractivity contribution in [3.63, 3.8) is 0 Å². The van der Waals surface area contributed by atoms with Crippen LogP contribution < -0.4 is 0 Å². The van der Waals surface area contributed by atoms with Crippen molar-refractivity contribution >= 4 is 17.7 Å². The van der Waals surface area contributed by atoms with E-state index in [9.17, 15) is 9.18 Å². The minimum Gasteiger partial charge on any atom is -0.348 e. The SMILES string of the molecule is CN(C)C(=O)[C@@H](Sc1nccn1-c1cccc(F)c1)c1ccccc1. The maximum absolute atomic E-state index is 13.6. The number of aromatic nitrogens is 2. The maximum Gasteiger partial charge on any atom is 0.240 e. The summed E-state index contributed by atoms with van der Waals surface area (Å²) in [4.78, 5) is 18.6. The van der Waals surface area contributed by atoms with Crippen molar-refractivity contribution in [1.82, 2.24) is 14.5 Å². The molecule has 6 heteroatoms. The van der Waals surface area contributed by atoms with Crippen LogP contribution in [0.2, 0.25) is 0 Å². The Kier molecular flexibility index (Phi) is 5.19. The number of nitrogens with zero attached hydrogens (tertiary/aromatic N) is 3. The van der Waals surface area contributed by atoms with Crippen LogP contribution in [-0.4, -0.2) is 34.5 Å². The van der Waals surface area contributed by atoms with Crippen molar-refractivity contribution < 1.29 is 9.18 Å². The zero-order chi connectivity index (χ0) is 17.8. The number of halogens is 1. The van der Waals surface area contributed by atoms with E-state index in [1.807, 2.05) is 30.3 Å². The van der Waals surface area contributed by atoms with E-state index in [0.29, 0.717) is 10.8 Å². The Balaban J connectivity index is 1.96. The minimum atomic E-state index is -0.425. The smallest absolute Gasteiger partial charge is 0.240 e. The van der Waals surface area contributed by atoms with E-state index in [4.69, 9.17) is 0 Å². The molecule has 1 atom stereocenters. The lowest BCUT2D eigenvalue weighted by Crippen LogP contribution is -2.26. The van der Waals surface area contributed by atoms with Gasteiger partial charge in [-0.3, -0.25) is 9.36 Å². The Morgan fingerprint density at radius 3 is 2.60 bits per heavy atom. The zero-order valence-corrected chi connectivity index (χ0v) is 14.8. The number of likely N-dealkylation sites (N-methyl/N-ethyl adjacent to an activating group) is 1. The van der Waals surface area contributed by atoms with E-state index >= 15 is 0 Å². The van der Waals surface area contributed by atoms with Gasteiger partial charge in [-0.2, -0.15) is 0 Å². The molecule has 0 saturated carbocycles. The molecular formula is C19H18FN3OS. The van der Waals surface area contributed by atoms with E-state index in [0.717, 1.165) is 5.56 Å². The quantitative estimate of drug-likeness (QED) is 0.651. The van der Waals surface area contributed by atoms with Crippen molar-refractivity contribution in [2.24, 2.45) is 0 Å². The highest BCUT2D eigenvalue weighted by atomic mass is 32.2. The molecule has 0 aliphatic heterocycles. The number of hydrogen-bond donors (Lipinski definition) is 0. The highest BCUT2D eigenvalue weighted by Gasteiger charge is 2.25. The molecule has 0 radical (unpaired) electrons. The Hall–Kier alpha value is -2.60. The van der Waals surface area contributed by atoms with Crippen LogP contribution in [0.15, 0.2) is 72.1 Å². The highest BCUT2D eigenvalue weighted by Crippen LogP contribution is 2.36. The number of carbonyl (C=O) groups excluding carboxylic acids is 1. The van der Waals surface area contributed by atoms with Crippen LogP contribution in [-0.2, 0) is 4.79 Å². The van der Waals surface area contributed by atoms with Gasteiger partial charge in [-0.05, 0) is 23.8 Å². The summed E-state index contributed by atoms with van der Waals surface area (Å²) in [7, 11) is 3.47. The lowest BCUT2D eigenvalue weighted by molar-refractivity contribution is -0.128. The molecule has 0 bridgehead atoms. The number of amides is 1. The average molecular weight is 355 g/mol. The van der Waals surface area contributed by atoms with Gasteiger partial charge < -0.3 is 4.90 Å². The molecule has 3 aromatic rings. The third kappa shape index (κ3) is 3.91. The lowest BCUT2D eigenvalue weighted by Gasteiger charge is -2.20. The van der Waals surface area contributed by atoms with Gasteiger partial charge in [0, 0.05) is 26.5 Å². The summed E-state index contributed by atoms with van der Waals surface area (Å²) >= 11 is 1.35. The highest BCUT2D eigenvalue weighted by molar-refractivity contribution is 8.00. The van der Waals surface area contributed by atoms with Gasteiger partial charge >= 0.3 is 0 Å². The normalized spacial score (nSPS) is 12.0. The van der Waals surface area contributed by atoms with Gasteiger partial charge in [-0.1, -0.05) is 48.2 Å². The summed E-state index contributed by atoms with van der Waals surface area (Å²) in [6.07, 6.45) is 3.41. The molecule has 128 valence electrons. The van der Waals surface area contributed by atoms with Crippen molar-refractivity contribution in [3.05, 3.63) is 78.4 Å². The van der Waals surface area contributed by atoms with E-state index in [2.05, 4.69) is 4.98 Å². The molecule has 0 aliphatic carbocycles. The monoisotopic (exact) mass is 355 g/mol. The van der Waals surface area contributed by atoms with Crippen molar-refractivity contribution in [1.29, 1.82) is 0 Å². The summed E-state index contributed by atoms with van der Waals surface area (Å²) in [5.74, 6) is -0.337. The molecule has 0 N–H and O–H groups in total. The number of imidazole rings is 1. The topological polar surface area (TPSA) is 38.1 Å². The van der Waals surface area contributed by atoms with Crippen LogP contribution >= 0.6 is 11.8 Å². The number of benzene rings is 2. The summed E-state index contributed by atoms with van der Waals surface area (Å²) < 4.78 is 15.3. The first-order valence-corrected chi connectivity index (χ1v) is 8.66. The van der Waals surface area contributed by atoms with Crippen LogP contribution in [0.4, 0.5) is 4.39 Å². The summed E-state index contributed by atoms with van der Waals surface area (Å²) in [5.41, 5.74) is 1.57. The first-order valence-electron chi connectivity index (χ1n) is 7.78. The predicted molar refractivity (Wildman–Crippen MR) is 97.3 cm³/mol. The van der Waals surface area contributed by atoms with E-state index in [1.165, 1.54) is 23.9 Å². The van der Waals surface area contributed by atoms with Crippen molar-refractivity contribution in [2.75, 3.05) is 14.1 Å². The van der Waals surface area contributed by atoms with Crippen LogP contribution in [0.1, 0.15) is 10.8 Å². The van der Waals surface area contributed by atoms with Gasteiger partial charge in [-0.15, -0.1) is 0 Å². The number of thioether (sulfide) groups is 1. The number of carbonyl (C=O) groups is 1. The van der Waals surface area contributed by atoms with Crippen LogP contribution in [0.5, 0.6) is 0 Å². The molecule has 0 fully saturated rings. The fourth-order valence-electron chi connectivity index (χ4n) is 2.43. The maximum atomic E-state index is 13.6.